The van der Waals surface area contributed by atoms with Crippen LogP contribution in [-0.4, -0.2) is 25.7 Å². The van der Waals surface area contributed by atoms with Gasteiger partial charge in [0.05, 0.1) is 24.2 Å². The monoisotopic (exact) mass is 598 g/mol. The molecule has 1 saturated heterocycles. The van der Waals surface area contributed by atoms with Crippen LogP contribution < -0.4 is 0 Å². The van der Waals surface area contributed by atoms with Gasteiger partial charge in [0, 0.05) is 28.9 Å². The van der Waals surface area contributed by atoms with Crippen LogP contribution in [-0.2, 0) is 22.3 Å². The molecule has 1 aliphatic carbocycles. The maximum atomic E-state index is 14.8. The fourth-order valence-corrected chi connectivity index (χ4v) is 5.83. The molecule has 0 spiro atoms. The number of hydrogen-bond acceptors (Lipinski definition) is 2. The van der Waals surface area contributed by atoms with Crippen molar-refractivity contribution in [2.75, 3.05) is 13.2 Å². The maximum Gasteiger partial charge on any atom is 0.458 e. The van der Waals surface area contributed by atoms with Gasteiger partial charge in [-0.15, -0.1) is 0 Å². The number of rotatable bonds is 6. The van der Waals surface area contributed by atoms with Gasteiger partial charge in [0.1, 0.15) is 11.6 Å². The topological polar surface area (TPSA) is 18.5 Å². The zero-order valence-corrected chi connectivity index (χ0v) is 23.9. The Morgan fingerprint density at radius 3 is 2.35 bits per heavy atom. The fourth-order valence-electron chi connectivity index (χ4n) is 5.83. The van der Waals surface area contributed by atoms with Crippen LogP contribution in [0.2, 0.25) is 0 Å². The molecule has 1 fully saturated rings. The van der Waals surface area contributed by atoms with Crippen molar-refractivity contribution in [1.29, 1.82) is 0 Å². The molecule has 0 saturated carbocycles. The second kappa shape index (κ2) is 13.5. The molecule has 5 rings (SSSR count). The summed E-state index contributed by atoms with van der Waals surface area (Å²) in [6, 6.07) is 8.93. The first kappa shape index (κ1) is 31.0. The van der Waals surface area contributed by atoms with Gasteiger partial charge in [0.25, 0.3) is 0 Å². The zero-order valence-electron chi connectivity index (χ0n) is 23.9. The van der Waals surface area contributed by atoms with Gasteiger partial charge in [-0.25, -0.2) is 13.2 Å². The molecule has 1 aliphatic heterocycles. The number of alkyl halides is 3. The first-order valence-electron chi connectivity index (χ1n) is 14.7. The normalized spacial score (nSPS) is 20.1. The van der Waals surface area contributed by atoms with Crippen LogP contribution in [0.1, 0.15) is 73.3 Å². The van der Waals surface area contributed by atoms with Crippen LogP contribution in [0.3, 0.4) is 0 Å². The van der Waals surface area contributed by atoms with Crippen molar-refractivity contribution in [3.8, 4) is 23.7 Å². The first-order valence-corrected chi connectivity index (χ1v) is 14.7. The van der Waals surface area contributed by atoms with E-state index in [1.807, 2.05) is 18.2 Å². The lowest BCUT2D eigenvalue weighted by Gasteiger charge is -2.36. The second-order valence-corrected chi connectivity index (χ2v) is 11.3. The van der Waals surface area contributed by atoms with Crippen molar-refractivity contribution in [1.82, 2.24) is 0 Å². The third-order valence-electron chi connectivity index (χ3n) is 8.08. The van der Waals surface area contributed by atoms with Crippen molar-refractivity contribution in [3.63, 3.8) is 0 Å². The Morgan fingerprint density at radius 2 is 1.60 bits per heavy atom. The first-order chi connectivity index (χ1) is 20.6. The quantitative estimate of drug-likeness (QED) is 0.161. The average Bonchev–Trinajstić information content (AvgIpc) is 2.97. The molecule has 3 aromatic carbocycles. The van der Waals surface area contributed by atoms with E-state index in [1.165, 1.54) is 48.8 Å². The number of fused-ring (bicyclic) bond motifs is 2. The summed E-state index contributed by atoms with van der Waals surface area (Å²) in [6.45, 7) is 3.70. The molecule has 1 atom stereocenters. The van der Waals surface area contributed by atoms with Gasteiger partial charge in [-0.1, -0.05) is 56.4 Å². The largest absolute Gasteiger partial charge is 0.458 e. The second-order valence-electron chi connectivity index (χ2n) is 11.3. The Balaban J connectivity index is 1.25. The third-order valence-corrected chi connectivity index (χ3v) is 8.08. The fraction of sp³-hybridized carbons (Fsp3) is 0.429. The molecule has 1 unspecified atom stereocenters. The van der Waals surface area contributed by atoms with Gasteiger partial charge >= 0.3 is 6.18 Å². The van der Waals surface area contributed by atoms with E-state index in [0.717, 1.165) is 57.0 Å². The summed E-state index contributed by atoms with van der Waals surface area (Å²) in [5.74, 6) is 4.95. The Morgan fingerprint density at radius 1 is 0.837 bits per heavy atom. The van der Waals surface area contributed by atoms with E-state index in [1.54, 1.807) is 0 Å². The van der Waals surface area contributed by atoms with Gasteiger partial charge < -0.3 is 9.47 Å². The number of hydrogen-bond donors (Lipinski definition) is 0. The number of unbranched alkanes of at least 4 members (excludes halogenated alkanes) is 3. The summed E-state index contributed by atoms with van der Waals surface area (Å²) in [7, 11) is 0. The number of benzene rings is 3. The number of ether oxygens (including phenoxy) is 2. The smallest absolute Gasteiger partial charge is 0.352 e. The van der Waals surface area contributed by atoms with E-state index in [4.69, 9.17) is 9.47 Å². The van der Waals surface area contributed by atoms with E-state index in [2.05, 4.69) is 18.8 Å². The molecule has 0 N–H and O–H groups in total. The predicted molar refractivity (Wildman–Crippen MR) is 153 cm³/mol. The van der Waals surface area contributed by atoms with E-state index < -0.39 is 34.6 Å². The highest BCUT2D eigenvalue weighted by atomic mass is 19.4. The van der Waals surface area contributed by atoms with Gasteiger partial charge in [-0.3, -0.25) is 0 Å². The van der Waals surface area contributed by atoms with Crippen LogP contribution in [0, 0.1) is 53.0 Å². The van der Waals surface area contributed by atoms with Crippen molar-refractivity contribution >= 4 is 10.8 Å². The Labute approximate surface area is 247 Å². The molecule has 8 heteroatoms. The lowest BCUT2D eigenvalue weighted by atomic mass is 9.82. The van der Waals surface area contributed by atoms with E-state index >= 15 is 0 Å². The molecule has 43 heavy (non-hydrogen) atoms. The highest BCUT2D eigenvalue weighted by molar-refractivity contribution is 5.87. The van der Waals surface area contributed by atoms with Gasteiger partial charge in [-0.05, 0) is 72.5 Å². The summed E-state index contributed by atoms with van der Waals surface area (Å²) in [4.78, 5) is 0. The maximum absolute atomic E-state index is 14.8. The zero-order chi connectivity index (χ0) is 30.6. The molecule has 0 amide bonds. The van der Waals surface area contributed by atoms with Crippen molar-refractivity contribution in [2.24, 2.45) is 11.8 Å². The minimum absolute atomic E-state index is 0.164. The van der Waals surface area contributed by atoms with Crippen LogP contribution in [0.5, 0.6) is 0 Å². The van der Waals surface area contributed by atoms with Gasteiger partial charge in [-0.2, -0.15) is 13.2 Å². The van der Waals surface area contributed by atoms with Crippen LogP contribution >= 0.6 is 0 Å². The Bertz CT molecular complexity index is 1600. The van der Waals surface area contributed by atoms with Crippen molar-refractivity contribution in [3.05, 3.63) is 81.7 Å². The van der Waals surface area contributed by atoms with E-state index in [9.17, 15) is 26.3 Å². The predicted octanol–water partition coefficient (Wildman–Crippen LogP) is 8.64. The van der Waals surface area contributed by atoms with Gasteiger partial charge in [0.15, 0.2) is 12.1 Å². The van der Waals surface area contributed by atoms with Gasteiger partial charge in [0.2, 0.25) is 0 Å². The molecule has 3 aromatic rings. The molecule has 1 heterocycles. The molecular formula is C35H32F6O2. The average molecular weight is 599 g/mol. The summed E-state index contributed by atoms with van der Waals surface area (Å²) < 4.78 is 93.4. The minimum Gasteiger partial charge on any atom is -0.352 e. The number of aryl methyl sites for hydroxylation is 1. The molecule has 2 aliphatic rings. The van der Waals surface area contributed by atoms with Crippen molar-refractivity contribution < 1.29 is 35.8 Å². The lowest BCUT2D eigenvalue weighted by Crippen LogP contribution is -2.39. The third kappa shape index (κ3) is 7.74. The number of halogens is 6. The molecular weight excluding hydrogens is 566 g/mol. The summed E-state index contributed by atoms with van der Waals surface area (Å²) in [5.41, 5.74) is 2.13. The minimum atomic E-state index is -4.94. The molecule has 226 valence electrons. The standard InChI is InChI=1S/C35H32F6O2/c1-2-3-4-5-6-24-20-42-34(43-21-24)27-12-11-25-15-22(9-10-26(25)18-27)7-8-23-16-28-19-30(36)29(13-14-35(39,40)41)33(38)32(28)31(37)17-23/h9-10,15-17,19,24,27,34H,2-6,11-12,18,20-21H2,1H3. The van der Waals surface area contributed by atoms with Crippen molar-refractivity contribution in [2.45, 2.75) is 70.8 Å². The summed E-state index contributed by atoms with van der Waals surface area (Å²) in [6.07, 6.45) is 3.61. The van der Waals surface area contributed by atoms with E-state index in [-0.39, 0.29) is 23.2 Å². The molecule has 0 bridgehead atoms. The lowest BCUT2D eigenvalue weighted by molar-refractivity contribution is -0.226. The summed E-state index contributed by atoms with van der Waals surface area (Å²) in [5, 5.41) is -0.807. The molecule has 0 aromatic heterocycles. The van der Waals surface area contributed by atoms with E-state index in [0.29, 0.717) is 11.5 Å². The SMILES string of the molecule is CCCCCCC1COC(C2CCc3cc(C#Cc4cc(F)c5c(F)c(C#CC(F)(F)F)c(F)cc5c4)ccc3C2)OC1. The highest BCUT2D eigenvalue weighted by Gasteiger charge is 2.32. The van der Waals surface area contributed by atoms with Crippen LogP contribution in [0.25, 0.3) is 10.8 Å². The summed E-state index contributed by atoms with van der Waals surface area (Å²) >= 11 is 0. The highest BCUT2D eigenvalue weighted by Crippen LogP contribution is 2.33. The molecule has 2 nitrogen and oxygen atoms in total. The van der Waals surface area contributed by atoms with Crippen LogP contribution in [0.15, 0.2) is 36.4 Å². The Hall–Kier alpha value is -3.46. The molecule has 0 radical (unpaired) electrons. The Kier molecular flexibility index (Phi) is 9.69. The van der Waals surface area contributed by atoms with Crippen LogP contribution in [0.4, 0.5) is 26.3 Å².